The SMILES string of the molecule is Cc1nc2cc(=O)[nH]n2c(C)c1CNC(=O)C1(N)CCCC1. The maximum absolute atomic E-state index is 12.3. The zero-order valence-corrected chi connectivity index (χ0v) is 12.9. The minimum Gasteiger partial charge on any atom is -0.350 e. The molecule has 0 aliphatic heterocycles. The van der Waals surface area contributed by atoms with Crippen LogP contribution in [0.25, 0.3) is 5.65 Å². The third kappa shape index (κ3) is 2.41. The van der Waals surface area contributed by atoms with E-state index >= 15 is 0 Å². The lowest BCUT2D eigenvalue weighted by Crippen LogP contribution is -2.51. The number of amides is 1. The van der Waals surface area contributed by atoms with Gasteiger partial charge >= 0.3 is 0 Å². The van der Waals surface area contributed by atoms with Crippen LogP contribution in [-0.4, -0.2) is 26.0 Å². The van der Waals surface area contributed by atoms with Crippen LogP contribution >= 0.6 is 0 Å². The molecule has 1 aliphatic rings. The van der Waals surface area contributed by atoms with E-state index in [0.29, 0.717) is 12.2 Å². The van der Waals surface area contributed by atoms with Gasteiger partial charge in [0.1, 0.15) is 0 Å². The molecule has 7 heteroatoms. The molecule has 0 aromatic carbocycles. The summed E-state index contributed by atoms with van der Waals surface area (Å²) in [4.78, 5) is 28.2. The van der Waals surface area contributed by atoms with Crippen LogP contribution in [0.5, 0.6) is 0 Å². The minimum absolute atomic E-state index is 0.107. The van der Waals surface area contributed by atoms with Crippen molar-refractivity contribution in [2.75, 3.05) is 0 Å². The Morgan fingerprint density at radius 2 is 2.14 bits per heavy atom. The van der Waals surface area contributed by atoms with E-state index in [0.717, 1.165) is 42.6 Å². The standard InChI is InChI=1S/C15H21N5O2/c1-9-11(8-17-14(22)15(16)5-3-4-6-15)10(2)20-12(18-9)7-13(21)19-20/h7H,3-6,8,16H2,1-2H3,(H,17,22)(H,19,21). The van der Waals surface area contributed by atoms with Crippen molar-refractivity contribution in [1.82, 2.24) is 19.9 Å². The van der Waals surface area contributed by atoms with E-state index in [1.54, 1.807) is 4.52 Å². The molecule has 2 heterocycles. The van der Waals surface area contributed by atoms with Gasteiger partial charge < -0.3 is 11.1 Å². The van der Waals surface area contributed by atoms with E-state index in [4.69, 9.17) is 5.73 Å². The number of hydrogen-bond acceptors (Lipinski definition) is 4. The Hall–Kier alpha value is -2.15. The van der Waals surface area contributed by atoms with Crippen molar-refractivity contribution in [3.05, 3.63) is 33.4 Å². The summed E-state index contributed by atoms with van der Waals surface area (Å²) in [6.45, 7) is 4.13. The van der Waals surface area contributed by atoms with E-state index in [1.807, 2.05) is 13.8 Å². The Morgan fingerprint density at radius 1 is 1.45 bits per heavy atom. The number of fused-ring (bicyclic) bond motifs is 1. The smallest absolute Gasteiger partial charge is 0.266 e. The first-order valence-corrected chi connectivity index (χ1v) is 7.56. The number of hydrogen-bond donors (Lipinski definition) is 3. The van der Waals surface area contributed by atoms with Crippen molar-refractivity contribution >= 4 is 11.6 Å². The third-order valence-electron chi connectivity index (χ3n) is 4.58. The fourth-order valence-electron chi connectivity index (χ4n) is 3.19. The first-order valence-electron chi connectivity index (χ1n) is 7.56. The van der Waals surface area contributed by atoms with Gasteiger partial charge in [0.25, 0.3) is 5.56 Å². The van der Waals surface area contributed by atoms with Crippen molar-refractivity contribution in [2.24, 2.45) is 5.73 Å². The normalized spacial score (nSPS) is 17.0. The molecule has 7 nitrogen and oxygen atoms in total. The maximum atomic E-state index is 12.3. The highest BCUT2D eigenvalue weighted by Crippen LogP contribution is 2.27. The molecule has 0 atom stereocenters. The van der Waals surface area contributed by atoms with Gasteiger partial charge in [-0.15, -0.1) is 0 Å². The lowest BCUT2D eigenvalue weighted by molar-refractivity contribution is -0.126. The van der Waals surface area contributed by atoms with Crippen LogP contribution in [-0.2, 0) is 11.3 Å². The fraction of sp³-hybridized carbons (Fsp3) is 0.533. The molecule has 3 rings (SSSR count). The number of nitrogens with zero attached hydrogens (tertiary/aromatic N) is 2. The molecule has 22 heavy (non-hydrogen) atoms. The molecule has 0 spiro atoms. The number of aryl methyl sites for hydroxylation is 2. The van der Waals surface area contributed by atoms with Gasteiger partial charge in [0, 0.05) is 29.6 Å². The zero-order valence-electron chi connectivity index (χ0n) is 12.9. The van der Waals surface area contributed by atoms with Gasteiger partial charge in [-0.2, -0.15) is 0 Å². The largest absolute Gasteiger partial charge is 0.350 e. The van der Waals surface area contributed by atoms with E-state index in [-0.39, 0.29) is 11.5 Å². The van der Waals surface area contributed by atoms with Gasteiger partial charge in [-0.05, 0) is 26.7 Å². The summed E-state index contributed by atoms with van der Waals surface area (Å²) in [6, 6.07) is 1.45. The summed E-state index contributed by atoms with van der Waals surface area (Å²) in [5.74, 6) is -0.107. The number of aromatic nitrogens is 3. The van der Waals surface area contributed by atoms with Crippen molar-refractivity contribution in [3.8, 4) is 0 Å². The molecule has 1 aliphatic carbocycles. The van der Waals surface area contributed by atoms with Crippen molar-refractivity contribution in [1.29, 1.82) is 0 Å². The topological polar surface area (TPSA) is 105 Å². The molecule has 1 amide bonds. The summed E-state index contributed by atoms with van der Waals surface area (Å²) in [5, 5.41) is 5.63. The van der Waals surface area contributed by atoms with E-state index < -0.39 is 5.54 Å². The molecular weight excluding hydrogens is 282 g/mol. The minimum atomic E-state index is -0.735. The van der Waals surface area contributed by atoms with Crippen molar-refractivity contribution in [3.63, 3.8) is 0 Å². The molecule has 2 aromatic rings. The number of nitrogens with two attached hydrogens (primary N) is 1. The highest BCUT2D eigenvalue weighted by Gasteiger charge is 2.36. The van der Waals surface area contributed by atoms with Gasteiger partial charge in [-0.3, -0.25) is 14.7 Å². The molecule has 0 radical (unpaired) electrons. The summed E-state index contributed by atoms with van der Waals surface area (Å²) >= 11 is 0. The molecule has 2 aromatic heterocycles. The number of carbonyl (C=O) groups excluding carboxylic acids is 1. The monoisotopic (exact) mass is 303 g/mol. The lowest BCUT2D eigenvalue weighted by Gasteiger charge is -2.23. The maximum Gasteiger partial charge on any atom is 0.266 e. The third-order valence-corrected chi connectivity index (χ3v) is 4.58. The molecule has 1 fully saturated rings. The van der Waals surface area contributed by atoms with Crippen LogP contribution in [0.1, 0.15) is 42.6 Å². The quantitative estimate of drug-likeness (QED) is 0.769. The van der Waals surface area contributed by atoms with Crippen molar-refractivity contribution in [2.45, 2.75) is 51.6 Å². The average Bonchev–Trinajstić information content (AvgIpc) is 3.05. The molecule has 1 saturated carbocycles. The summed E-state index contributed by atoms with van der Waals surface area (Å²) in [6.07, 6.45) is 3.47. The highest BCUT2D eigenvalue weighted by atomic mass is 16.2. The van der Waals surface area contributed by atoms with Crippen LogP contribution in [0.3, 0.4) is 0 Å². The Kier molecular flexibility index (Phi) is 3.52. The van der Waals surface area contributed by atoms with Crippen LogP contribution in [0, 0.1) is 13.8 Å². The van der Waals surface area contributed by atoms with E-state index in [9.17, 15) is 9.59 Å². The molecular formula is C15H21N5O2. The second-order valence-corrected chi connectivity index (χ2v) is 6.12. The highest BCUT2D eigenvalue weighted by molar-refractivity contribution is 5.86. The predicted octanol–water partition coefficient (Wildman–Crippen LogP) is 0.527. The number of carbonyl (C=O) groups is 1. The van der Waals surface area contributed by atoms with Gasteiger partial charge in [0.15, 0.2) is 5.65 Å². The molecule has 0 bridgehead atoms. The predicted molar refractivity (Wildman–Crippen MR) is 82.5 cm³/mol. The average molecular weight is 303 g/mol. The molecule has 0 saturated heterocycles. The van der Waals surface area contributed by atoms with Gasteiger partial charge in [-0.1, -0.05) is 12.8 Å². The van der Waals surface area contributed by atoms with E-state index in [1.165, 1.54) is 6.07 Å². The van der Waals surface area contributed by atoms with Crippen LogP contribution in [0.15, 0.2) is 10.9 Å². The molecule has 118 valence electrons. The Morgan fingerprint density at radius 3 is 2.82 bits per heavy atom. The Labute approximate surface area is 127 Å². The lowest BCUT2D eigenvalue weighted by atomic mass is 9.98. The first kappa shape index (κ1) is 14.8. The van der Waals surface area contributed by atoms with Crippen molar-refractivity contribution < 1.29 is 4.79 Å². The second kappa shape index (κ2) is 5.24. The molecule has 4 N–H and O–H groups in total. The molecule has 0 unspecified atom stereocenters. The Bertz CT molecular complexity index is 783. The zero-order chi connectivity index (χ0) is 15.9. The summed E-state index contributed by atoms with van der Waals surface area (Å²) < 4.78 is 1.64. The Balaban J connectivity index is 1.84. The van der Waals surface area contributed by atoms with Crippen LogP contribution in [0.2, 0.25) is 0 Å². The van der Waals surface area contributed by atoms with Crippen LogP contribution in [0.4, 0.5) is 0 Å². The second-order valence-electron chi connectivity index (χ2n) is 6.12. The summed E-state index contributed by atoms with van der Waals surface area (Å²) in [5.41, 5.74) is 8.38. The number of nitrogens with one attached hydrogen (secondary N) is 2. The fourth-order valence-corrected chi connectivity index (χ4v) is 3.19. The van der Waals surface area contributed by atoms with Gasteiger partial charge in [-0.25, -0.2) is 9.50 Å². The van der Waals surface area contributed by atoms with Crippen LogP contribution < -0.4 is 16.6 Å². The van der Waals surface area contributed by atoms with E-state index in [2.05, 4.69) is 15.4 Å². The number of rotatable bonds is 3. The number of aromatic amines is 1. The summed E-state index contributed by atoms with van der Waals surface area (Å²) in [7, 11) is 0. The van der Waals surface area contributed by atoms with Gasteiger partial charge in [0.05, 0.1) is 5.54 Å². The first-order chi connectivity index (χ1) is 10.4. The number of H-pyrrole nitrogens is 1. The van der Waals surface area contributed by atoms with Gasteiger partial charge in [0.2, 0.25) is 5.91 Å².